The maximum absolute atomic E-state index is 5.97. The molecule has 0 fully saturated rings. The van der Waals surface area contributed by atoms with Crippen molar-refractivity contribution in [3.05, 3.63) is 41.2 Å². The van der Waals surface area contributed by atoms with Gasteiger partial charge in [-0.3, -0.25) is 0 Å². The van der Waals surface area contributed by atoms with Gasteiger partial charge < -0.3 is 14.5 Å². The molecule has 1 N–H and O–H groups in total. The first-order valence-electron chi connectivity index (χ1n) is 6.10. The van der Waals surface area contributed by atoms with E-state index in [1.165, 1.54) is 5.56 Å². The number of rotatable bonds is 5. The molecular formula is C13H19ClN4. The number of nitrogens with one attached hydrogen (secondary N) is 1. The number of imidazole rings is 1. The summed E-state index contributed by atoms with van der Waals surface area (Å²) in [6.07, 6.45) is 5.89. The van der Waals surface area contributed by atoms with Crippen LogP contribution in [0.5, 0.6) is 0 Å². The van der Waals surface area contributed by atoms with Gasteiger partial charge >= 0.3 is 0 Å². The third kappa shape index (κ3) is 3.15. The van der Waals surface area contributed by atoms with Gasteiger partial charge in [-0.25, -0.2) is 4.98 Å². The summed E-state index contributed by atoms with van der Waals surface area (Å²) in [5.74, 6) is 0.957. The van der Waals surface area contributed by atoms with E-state index in [0.717, 1.165) is 18.9 Å². The molecule has 0 aliphatic heterocycles. The van der Waals surface area contributed by atoms with Crippen LogP contribution in [0.15, 0.2) is 24.7 Å². The Labute approximate surface area is 113 Å². The molecule has 0 radical (unpaired) electrons. The average Bonchev–Trinajstić information content (AvgIpc) is 2.89. The third-order valence-electron chi connectivity index (χ3n) is 2.88. The Balaban J connectivity index is 2.00. The molecule has 98 valence electrons. The van der Waals surface area contributed by atoms with E-state index in [1.807, 2.05) is 11.6 Å². The predicted molar refractivity (Wildman–Crippen MR) is 73.7 cm³/mol. The molecule has 0 atom stereocenters. The number of aromatic nitrogens is 3. The van der Waals surface area contributed by atoms with Crippen LogP contribution in [0.3, 0.4) is 0 Å². The third-order valence-corrected chi connectivity index (χ3v) is 3.23. The second kappa shape index (κ2) is 5.59. The zero-order chi connectivity index (χ0) is 13.1. The summed E-state index contributed by atoms with van der Waals surface area (Å²) in [7, 11) is 1.93. The van der Waals surface area contributed by atoms with Crippen molar-refractivity contribution >= 4 is 11.6 Å². The number of hydrogen-bond acceptors (Lipinski definition) is 2. The lowest BCUT2D eigenvalue weighted by molar-refractivity contribution is 0.587. The zero-order valence-electron chi connectivity index (χ0n) is 11.0. The van der Waals surface area contributed by atoms with Crippen molar-refractivity contribution < 1.29 is 0 Å². The maximum atomic E-state index is 5.97. The van der Waals surface area contributed by atoms with Crippen molar-refractivity contribution in [3.8, 4) is 0 Å². The average molecular weight is 267 g/mol. The second-order valence-electron chi connectivity index (χ2n) is 4.78. The SMILES string of the molecule is CC(C)NCc1ccn(Cc2ncc(Cl)n2C)c1. The monoisotopic (exact) mass is 266 g/mol. The number of hydrogen-bond donors (Lipinski definition) is 1. The van der Waals surface area contributed by atoms with Crippen LogP contribution in [0, 0.1) is 0 Å². The van der Waals surface area contributed by atoms with Crippen molar-refractivity contribution in [2.24, 2.45) is 7.05 Å². The normalized spacial score (nSPS) is 11.4. The summed E-state index contributed by atoms with van der Waals surface area (Å²) in [5, 5.41) is 4.06. The molecule has 2 aromatic heterocycles. The number of nitrogens with zero attached hydrogens (tertiary/aromatic N) is 3. The molecule has 0 aliphatic carbocycles. The highest BCUT2D eigenvalue weighted by Crippen LogP contribution is 2.11. The van der Waals surface area contributed by atoms with Crippen molar-refractivity contribution in [1.29, 1.82) is 0 Å². The highest BCUT2D eigenvalue weighted by molar-refractivity contribution is 6.29. The molecular weight excluding hydrogens is 248 g/mol. The van der Waals surface area contributed by atoms with Gasteiger partial charge in [0, 0.05) is 32.0 Å². The Kier molecular flexibility index (Phi) is 4.09. The molecule has 2 rings (SSSR count). The van der Waals surface area contributed by atoms with Gasteiger partial charge in [-0.1, -0.05) is 25.4 Å². The van der Waals surface area contributed by atoms with Crippen LogP contribution in [0.25, 0.3) is 0 Å². The largest absolute Gasteiger partial charge is 0.346 e. The van der Waals surface area contributed by atoms with Crippen molar-refractivity contribution in [3.63, 3.8) is 0 Å². The molecule has 0 amide bonds. The fourth-order valence-corrected chi connectivity index (χ4v) is 1.90. The van der Waals surface area contributed by atoms with Crippen LogP contribution in [0.1, 0.15) is 25.2 Å². The molecule has 0 saturated heterocycles. The first-order valence-corrected chi connectivity index (χ1v) is 6.48. The lowest BCUT2D eigenvalue weighted by Gasteiger charge is -2.06. The van der Waals surface area contributed by atoms with Gasteiger partial charge in [0.1, 0.15) is 11.0 Å². The summed E-state index contributed by atoms with van der Waals surface area (Å²) in [5.41, 5.74) is 1.28. The molecule has 5 heteroatoms. The zero-order valence-corrected chi connectivity index (χ0v) is 11.8. The summed E-state index contributed by atoms with van der Waals surface area (Å²) in [6.45, 7) is 5.93. The Morgan fingerprint density at radius 2 is 2.22 bits per heavy atom. The Morgan fingerprint density at radius 3 is 2.83 bits per heavy atom. The van der Waals surface area contributed by atoms with Crippen molar-refractivity contribution in [2.45, 2.75) is 33.0 Å². The van der Waals surface area contributed by atoms with Crippen molar-refractivity contribution in [2.75, 3.05) is 0 Å². The van der Waals surface area contributed by atoms with Crippen LogP contribution in [-0.4, -0.2) is 20.2 Å². The minimum absolute atomic E-state index is 0.502. The molecule has 2 heterocycles. The first-order chi connectivity index (χ1) is 8.56. The number of halogens is 1. The minimum Gasteiger partial charge on any atom is -0.346 e. The fourth-order valence-electron chi connectivity index (χ4n) is 1.75. The first kappa shape index (κ1) is 13.2. The van der Waals surface area contributed by atoms with Crippen LogP contribution in [0.4, 0.5) is 0 Å². The van der Waals surface area contributed by atoms with Gasteiger partial charge in [0.05, 0.1) is 12.7 Å². The highest BCUT2D eigenvalue weighted by atomic mass is 35.5. The lowest BCUT2D eigenvalue weighted by atomic mass is 10.3. The molecule has 0 aliphatic rings. The maximum Gasteiger partial charge on any atom is 0.129 e. The van der Waals surface area contributed by atoms with E-state index >= 15 is 0 Å². The standard InChI is InChI=1S/C13H19ClN4/c1-10(2)15-6-11-4-5-18(8-11)9-13-16-7-12(14)17(13)3/h4-5,7-8,10,15H,6,9H2,1-3H3. The van der Waals surface area contributed by atoms with Crippen molar-refractivity contribution in [1.82, 2.24) is 19.4 Å². The smallest absolute Gasteiger partial charge is 0.129 e. The van der Waals surface area contributed by atoms with E-state index in [-0.39, 0.29) is 0 Å². The van der Waals surface area contributed by atoms with Crippen LogP contribution < -0.4 is 5.32 Å². The van der Waals surface area contributed by atoms with Gasteiger partial charge in [-0.15, -0.1) is 0 Å². The Bertz CT molecular complexity index is 513. The Morgan fingerprint density at radius 1 is 1.44 bits per heavy atom. The highest BCUT2D eigenvalue weighted by Gasteiger charge is 2.05. The van der Waals surface area contributed by atoms with Crippen LogP contribution >= 0.6 is 11.6 Å². The van der Waals surface area contributed by atoms with Crippen LogP contribution in [-0.2, 0) is 20.1 Å². The summed E-state index contributed by atoms with van der Waals surface area (Å²) < 4.78 is 4.02. The van der Waals surface area contributed by atoms with Gasteiger partial charge in [0.15, 0.2) is 0 Å². The molecule has 18 heavy (non-hydrogen) atoms. The molecule has 0 spiro atoms. The van der Waals surface area contributed by atoms with Gasteiger partial charge in [-0.2, -0.15) is 0 Å². The summed E-state index contributed by atoms with van der Waals surface area (Å²) >= 11 is 5.97. The molecule has 0 saturated carbocycles. The molecule has 0 bridgehead atoms. The second-order valence-corrected chi connectivity index (χ2v) is 5.17. The molecule has 4 nitrogen and oxygen atoms in total. The fraction of sp³-hybridized carbons (Fsp3) is 0.462. The predicted octanol–water partition coefficient (Wildman–Crippen LogP) is 2.42. The quantitative estimate of drug-likeness (QED) is 0.902. The summed E-state index contributed by atoms with van der Waals surface area (Å²) in [4.78, 5) is 4.29. The Hall–Kier alpha value is -1.26. The van der Waals surface area contributed by atoms with Gasteiger partial charge in [-0.05, 0) is 11.6 Å². The van der Waals surface area contributed by atoms with Crippen LogP contribution in [0.2, 0.25) is 5.15 Å². The van der Waals surface area contributed by atoms with E-state index in [2.05, 4.69) is 47.2 Å². The van der Waals surface area contributed by atoms with E-state index in [0.29, 0.717) is 11.2 Å². The molecule has 0 unspecified atom stereocenters. The summed E-state index contributed by atoms with van der Waals surface area (Å²) in [6, 6.07) is 2.63. The lowest BCUT2D eigenvalue weighted by Crippen LogP contribution is -2.21. The van der Waals surface area contributed by atoms with Gasteiger partial charge in [0.25, 0.3) is 0 Å². The van der Waals surface area contributed by atoms with Gasteiger partial charge in [0.2, 0.25) is 0 Å². The molecule has 0 aromatic carbocycles. The van der Waals surface area contributed by atoms with E-state index in [1.54, 1.807) is 6.20 Å². The minimum atomic E-state index is 0.502. The molecule has 2 aromatic rings. The van der Waals surface area contributed by atoms with E-state index < -0.39 is 0 Å². The van der Waals surface area contributed by atoms with E-state index in [4.69, 9.17) is 11.6 Å². The van der Waals surface area contributed by atoms with E-state index in [9.17, 15) is 0 Å². The topological polar surface area (TPSA) is 34.8 Å².